The molecule has 2 aromatic heterocycles. The SMILES string of the molecule is CCCn1c(SCC(=O)Nc2cc(C)ccc2C)nnc1-c1ccncc1. The van der Waals surface area contributed by atoms with Gasteiger partial charge in [-0.2, -0.15) is 0 Å². The number of rotatable bonds is 7. The Hall–Kier alpha value is -2.67. The molecule has 0 aliphatic rings. The second-order valence-corrected chi connectivity index (χ2v) is 7.29. The lowest BCUT2D eigenvalue weighted by atomic mass is 10.1. The Morgan fingerprint density at radius 3 is 2.67 bits per heavy atom. The highest BCUT2D eigenvalue weighted by atomic mass is 32.2. The van der Waals surface area contributed by atoms with Gasteiger partial charge in [0.05, 0.1) is 5.75 Å². The first-order valence-electron chi connectivity index (χ1n) is 8.92. The number of carbonyl (C=O) groups is 1. The molecule has 0 unspecified atom stereocenters. The van der Waals surface area contributed by atoms with Crippen molar-refractivity contribution in [3.05, 3.63) is 53.9 Å². The number of anilines is 1. The minimum atomic E-state index is -0.0507. The summed E-state index contributed by atoms with van der Waals surface area (Å²) in [6, 6.07) is 9.86. The third kappa shape index (κ3) is 4.74. The molecule has 1 aromatic carbocycles. The van der Waals surface area contributed by atoms with E-state index in [-0.39, 0.29) is 11.7 Å². The van der Waals surface area contributed by atoms with Crippen LogP contribution in [0.15, 0.2) is 47.9 Å². The zero-order valence-electron chi connectivity index (χ0n) is 15.8. The maximum Gasteiger partial charge on any atom is 0.234 e. The van der Waals surface area contributed by atoms with E-state index in [0.29, 0.717) is 0 Å². The van der Waals surface area contributed by atoms with Gasteiger partial charge in [0, 0.05) is 30.2 Å². The molecule has 140 valence electrons. The number of carbonyl (C=O) groups excluding carboxylic acids is 1. The number of aryl methyl sites for hydroxylation is 2. The largest absolute Gasteiger partial charge is 0.325 e. The molecule has 0 aliphatic heterocycles. The lowest BCUT2D eigenvalue weighted by Crippen LogP contribution is -2.15. The number of pyridine rings is 1. The maximum absolute atomic E-state index is 12.4. The van der Waals surface area contributed by atoms with E-state index >= 15 is 0 Å². The molecule has 6 nitrogen and oxygen atoms in total. The van der Waals surface area contributed by atoms with E-state index in [2.05, 4.69) is 32.0 Å². The van der Waals surface area contributed by atoms with Crippen molar-refractivity contribution in [3.63, 3.8) is 0 Å². The Morgan fingerprint density at radius 1 is 1.15 bits per heavy atom. The molecule has 0 radical (unpaired) electrons. The van der Waals surface area contributed by atoms with Gasteiger partial charge < -0.3 is 9.88 Å². The highest BCUT2D eigenvalue weighted by Crippen LogP contribution is 2.24. The molecule has 1 amide bonds. The van der Waals surface area contributed by atoms with Crippen molar-refractivity contribution < 1.29 is 4.79 Å². The molecule has 7 heteroatoms. The monoisotopic (exact) mass is 381 g/mol. The lowest BCUT2D eigenvalue weighted by molar-refractivity contribution is -0.113. The molecule has 0 saturated heterocycles. The first-order valence-corrected chi connectivity index (χ1v) is 9.90. The molecule has 3 aromatic rings. The van der Waals surface area contributed by atoms with E-state index in [1.54, 1.807) is 12.4 Å². The predicted octanol–water partition coefficient (Wildman–Crippen LogP) is 4.10. The summed E-state index contributed by atoms with van der Waals surface area (Å²) >= 11 is 1.40. The number of aromatic nitrogens is 4. The number of amides is 1. The molecular formula is C20H23N5OS. The first kappa shape index (κ1) is 19.1. The van der Waals surface area contributed by atoms with E-state index < -0.39 is 0 Å². The van der Waals surface area contributed by atoms with E-state index in [0.717, 1.165) is 46.3 Å². The zero-order valence-corrected chi connectivity index (χ0v) is 16.6. The van der Waals surface area contributed by atoms with Crippen molar-refractivity contribution in [2.24, 2.45) is 0 Å². The number of nitrogens with one attached hydrogen (secondary N) is 1. The summed E-state index contributed by atoms with van der Waals surface area (Å²) in [6.07, 6.45) is 4.44. The Bertz CT molecular complexity index is 923. The Morgan fingerprint density at radius 2 is 1.93 bits per heavy atom. The van der Waals surface area contributed by atoms with Gasteiger partial charge in [0.2, 0.25) is 5.91 Å². The zero-order chi connectivity index (χ0) is 19.2. The minimum Gasteiger partial charge on any atom is -0.325 e. The van der Waals surface area contributed by atoms with Gasteiger partial charge in [-0.15, -0.1) is 10.2 Å². The van der Waals surface area contributed by atoms with Crippen molar-refractivity contribution in [2.75, 3.05) is 11.1 Å². The normalized spacial score (nSPS) is 10.8. The second kappa shape index (κ2) is 8.81. The van der Waals surface area contributed by atoms with Gasteiger partial charge in [-0.25, -0.2) is 0 Å². The Kier molecular flexibility index (Phi) is 6.24. The molecule has 27 heavy (non-hydrogen) atoms. The van der Waals surface area contributed by atoms with Gasteiger partial charge >= 0.3 is 0 Å². The molecule has 2 heterocycles. The van der Waals surface area contributed by atoms with Crippen molar-refractivity contribution in [3.8, 4) is 11.4 Å². The van der Waals surface area contributed by atoms with Crippen LogP contribution in [0.3, 0.4) is 0 Å². The number of hydrogen-bond donors (Lipinski definition) is 1. The molecular weight excluding hydrogens is 358 g/mol. The van der Waals surface area contributed by atoms with Crippen LogP contribution in [0.1, 0.15) is 24.5 Å². The standard InChI is InChI=1S/C20H23N5OS/c1-4-11-25-19(16-7-9-21-10-8-16)23-24-20(25)27-13-18(26)22-17-12-14(2)5-6-15(17)3/h5-10,12H,4,11,13H2,1-3H3,(H,22,26). The van der Waals surface area contributed by atoms with Crippen molar-refractivity contribution >= 4 is 23.4 Å². The Balaban J connectivity index is 1.71. The quantitative estimate of drug-likeness (QED) is 0.624. The molecule has 0 fully saturated rings. The molecule has 3 rings (SSSR count). The molecule has 0 atom stereocenters. The fourth-order valence-corrected chi connectivity index (χ4v) is 3.49. The van der Waals surface area contributed by atoms with Crippen LogP contribution >= 0.6 is 11.8 Å². The maximum atomic E-state index is 12.4. The van der Waals surface area contributed by atoms with Gasteiger partial charge in [-0.3, -0.25) is 9.78 Å². The van der Waals surface area contributed by atoms with Crippen LogP contribution in [0.5, 0.6) is 0 Å². The van der Waals surface area contributed by atoms with Crippen LogP contribution < -0.4 is 5.32 Å². The van der Waals surface area contributed by atoms with Crippen LogP contribution in [0, 0.1) is 13.8 Å². The molecule has 1 N–H and O–H groups in total. The van der Waals surface area contributed by atoms with Crippen LogP contribution in [0.2, 0.25) is 0 Å². The highest BCUT2D eigenvalue weighted by Gasteiger charge is 2.15. The minimum absolute atomic E-state index is 0.0507. The van der Waals surface area contributed by atoms with E-state index in [1.165, 1.54) is 11.8 Å². The summed E-state index contributed by atoms with van der Waals surface area (Å²) in [5.74, 6) is 1.04. The van der Waals surface area contributed by atoms with Gasteiger partial charge in [0.25, 0.3) is 0 Å². The van der Waals surface area contributed by atoms with Crippen LogP contribution in [0.25, 0.3) is 11.4 Å². The Labute approximate surface area is 163 Å². The topological polar surface area (TPSA) is 72.7 Å². The lowest BCUT2D eigenvalue weighted by Gasteiger charge is -2.10. The first-order chi connectivity index (χ1) is 13.1. The van der Waals surface area contributed by atoms with Gasteiger partial charge in [-0.05, 0) is 49.6 Å². The average Bonchev–Trinajstić information content (AvgIpc) is 3.07. The third-order valence-electron chi connectivity index (χ3n) is 4.10. The highest BCUT2D eigenvalue weighted by molar-refractivity contribution is 7.99. The second-order valence-electron chi connectivity index (χ2n) is 6.35. The average molecular weight is 382 g/mol. The molecule has 0 saturated carbocycles. The van der Waals surface area contributed by atoms with Crippen LogP contribution in [0.4, 0.5) is 5.69 Å². The van der Waals surface area contributed by atoms with Crippen molar-refractivity contribution in [1.82, 2.24) is 19.7 Å². The third-order valence-corrected chi connectivity index (χ3v) is 5.07. The number of hydrogen-bond acceptors (Lipinski definition) is 5. The van der Waals surface area contributed by atoms with Crippen molar-refractivity contribution in [1.29, 1.82) is 0 Å². The summed E-state index contributed by atoms with van der Waals surface area (Å²) in [7, 11) is 0. The summed E-state index contributed by atoms with van der Waals surface area (Å²) < 4.78 is 2.06. The summed E-state index contributed by atoms with van der Waals surface area (Å²) in [6.45, 7) is 6.91. The molecule has 0 bridgehead atoms. The van der Waals surface area contributed by atoms with Gasteiger partial charge in [0.1, 0.15) is 0 Å². The number of benzene rings is 1. The summed E-state index contributed by atoms with van der Waals surface area (Å²) in [4.78, 5) is 16.4. The van der Waals surface area contributed by atoms with Crippen LogP contribution in [-0.4, -0.2) is 31.4 Å². The molecule has 0 spiro atoms. The van der Waals surface area contributed by atoms with E-state index in [4.69, 9.17) is 0 Å². The van der Waals surface area contributed by atoms with Gasteiger partial charge in [0.15, 0.2) is 11.0 Å². The number of thioether (sulfide) groups is 1. The van der Waals surface area contributed by atoms with E-state index in [9.17, 15) is 4.79 Å². The van der Waals surface area contributed by atoms with Crippen molar-refractivity contribution in [2.45, 2.75) is 38.9 Å². The van der Waals surface area contributed by atoms with Gasteiger partial charge in [-0.1, -0.05) is 30.8 Å². The fraction of sp³-hybridized carbons (Fsp3) is 0.300. The number of nitrogens with zero attached hydrogens (tertiary/aromatic N) is 4. The summed E-state index contributed by atoms with van der Waals surface area (Å²) in [5, 5.41) is 12.4. The van der Waals surface area contributed by atoms with E-state index in [1.807, 2.05) is 44.2 Å². The smallest absolute Gasteiger partial charge is 0.234 e. The predicted molar refractivity (Wildman–Crippen MR) is 109 cm³/mol. The fourth-order valence-electron chi connectivity index (χ4n) is 2.72. The summed E-state index contributed by atoms with van der Waals surface area (Å²) in [5.41, 5.74) is 3.99. The molecule has 0 aliphatic carbocycles. The van der Waals surface area contributed by atoms with Crippen LogP contribution in [-0.2, 0) is 11.3 Å².